The molecule has 0 aromatic carbocycles. The van der Waals surface area contributed by atoms with Crippen LogP contribution in [-0.2, 0) is 0 Å². The Balaban J connectivity index is 1.84. The average molecular weight is 309 g/mol. The predicted octanol–water partition coefficient (Wildman–Crippen LogP) is 0.730. The third-order valence-corrected chi connectivity index (χ3v) is 3.77. The van der Waals surface area contributed by atoms with Gasteiger partial charge in [0.25, 0.3) is 5.91 Å². The Kier molecular flexibility index (Phi) is 5.52. The Morgan fingerprint density at radius 2 is 2.18 bits per heavy atom. The molecule has 124 valence electrons. The van der Waals surface area contributed by atoms with Crippen molar-refractivity contribution in [2.75, 3.05) is 19.6 Å². The van der Waals surface area contributed by atoms with E-state index in [1.54, 1.807) is 10.9 Å². The molecule has 2 heterocycles. The first-order valence-corrected chi connectivity index (χ1v) is 7.94. The van der Waals surface area contributed by atoms with E-state index in [0.29, 0.717) is 18.2 Å². The minimum atomic E-state index is -0.552. The Bertz CT molecular complexity index is 488. The lowest BCUT2D eigenvalue weighted by Crippen LogP contribution is -2.34. The number of amides is 1. The van der Waals surface area contributed by atoms with Crippen LogP contribution in [0, 0.1) is 5.41 Å². The van der Waals surface area contributed by atoms with Gasteiger partial charge in [-0.2, -0.15) is 0 Å². The standard InChI is InChI=1S/C15H27N5O2/c1-15(2,3)8-12(21)9-17-14(22)13-10-20(19-18-13)11-4-6-16-7-5-11/h10-12,16,21H,4-9H2,1-3H3,(H,17,22). The largest absolute Gasteiger partial charge is 0.391 e. The number of rotatable bonds is 5. The Hall–Kier alpha value is -1.47. The summed E-state index contributed by atoms with van der Waals surface area (Å²) in [5, 5.41) is 23.9. The van der Waals surface area contributed by atoms with Crippen molar-refractivity contribution in [2.24, 2.45) is 5.41 Å². The third-order valence-electron chi connectivity index (χ3n) is 3.77. The Labute approximate surface area is 131 Å². The minimum Gasteiger partial charge on any atom is -0.391 e. The topological polar surface area (TPSA) is 92.1 Å². The van der Waals surface area contributed by atoms with E-state index in [9.17, 15) is 9.90 Å². The fraction of sp³-hybridized carbons (Fsp3) is 0.800. The van der Waals surface area contributed by atoms with E-state index in [1.165, 1.54) is 0 Å². The zero-order valence-electron chi connectivity index (χ0n) is 13.7. The molecule has 0 spiro atoms. The second-order valence-corrected chi connectivity index (χ2v) is 7.19. The van der Waals surface area contributed by atoms with E-state index in [2.05, 4.69) is 41.7 Å². The van der Waals surface area contributed by atoms with Gasteiger partial charge in [0.2, 0.25) is 0 Å². The van der Waals surface area contributed by atoms with Gasteiger partial charge in [-0.3, -0.25) is 4.79 Å². The molecule has 1 saturated heterocycles. The van der Waals surface area contributed by atoms with Crippen molar-refractivity contribution in [1.29, 1.82) is 0 Å². The van der Waals surface area contributed by atoms with E-state index in [0.717, 1.165) is 25.9 Å². The van der Waals surface area contributed by atoms with Crippen molar-refractivity contribution >= 4 is 5.91 Å². The molecule has 0 saturated carbocycles. The third kappa shape index (κ3) is 5.06. The number of nitrogens with zero attached hydrogens (tertiary/aromatic N) is 3. The van der Waals surface area contributed by atoms with Crippen LogP contribution in [0.2, 0.25) is 0 Å². The number of nitrogens with one attached hydrogen (secondary N) is 2. The van der Waals surface area contributed by atoms with E-state index in [-0.39, 0.29) is 17.9 Å². The molecule has 1 aromatic heterocycles. The zero-order valence-corrected chi connectivity index (χ0v) is 13.7. The van der Waals surface area contributed by atoms with Crippen molar-refractivity contribution in [2.45, 2.75) is 52.2 Å². The van der Waals surface area contributed by atoms with E-state index in [1.807, 2.05) is 0 Å². The number of aliphatic hydroxyl groups is 1. The van der Waals surface area contributed by atoms with E-state index >= 15 is 0 Å². The zero-order chi connectivity index (χ0) is 16.2. The van der Waals surface area contributed by atoms with Crippen molar-refractivity contribution in [3.63, 3.8) is 0 Å². The highest BCUT2D eigenvalue weighted by Crippen LogP contribution is 2.20. The van der Waals surface area contributed by atoms with Gasteiger partial charge in [0.05, 0.1) is 18.3 Å². The van der Waals surface area contributed by atoms with Crippen LogP contribution >= 0.6 is 0 Å². The highest BCUT2D eigenvalue weighted by atomic mass is 16.3. The smallest absolute Gasteiger partial charge is 0.273 e. The Morgan fingerprint density at radius 3 is 2.82 bits per heavy atom. The van der Waals surface area contributed by atoms with Crippen LogP contribution < -0.4 is 10.6 Å². The van der Waals surface area contributed by atoms with Gasteiger partial charge in [0, 0.05) is 6.54 Å². The molecule has 1 amide bonds. The monoisotopic (exact) mass is 309 g/mol. The summed E-state index contributed by atoms with van der Waals surface area (Å²) < 4.78 is 1.78. The number of carbonyl (C=O) groups is 1. The van der Waals surface area contributed by atoms with Crippen molar-refractivity contribution in [1.82, 2.24) is 25.6 Å². The van der Waals surface area contributed by atoms with Crippen LogP contribution in [0.25, 0.3) is 0 Å². The molecule has 1 unspecified atom stereocenters. The fourth-order valence-electron chi connectivity index (χ4n) is 2.71. The van der Waals surface area contributed by atoms with Crippen LogP contribution in [0.15, 0.2) is 6.20 Å². The summed E-state index contributed by atoms with van der Waals surface area (Å²) in [4.78, 5) is 12.1. The predicted molar refractivity (Wildman–Crippen MR) is 83.6 cm³/mol. The summed E-state index contributed by atoms with van der Waals surface area (Å²) in [6.07, 6.45) is 3.77. The summed E-state index contributed by atoms with van der Waals surface area (Å²) >= 11 is 0. The highest BCUT2D eigenvalue weighted by molar-refractivity contribution is 5.91. The van der Waals surface area contributed by atoms with Gasteiger partial charge < -0.3 is 15.7 Å². The van der Waals surface area contributed by atoms with Crippen LogP contribution in [0.3, 0.4) is 0 Å². The normalized spacial score (nSPS) is 18.2. The maximum absolute atomic E-state index is 12.1. The van der Waals surface area contributed by atoms with Crippen molar-refractivity contribution < 1.29 is 9.90 Å². The summed E-state index contributed by atoms with van der Waals surface area (Å²) in [5.74, 6) is -0.284. The number of hydrogen-bond donors (Lipinski definition) is 3. The number of carbonyl (C=O) groups excluding carboxylic acids is 1. The quantitative estimate of drug-likeness (QED) is 0.746. The van der Waals surface area contributed by atoms with Gasteiger partial charge in [-0.05, 0) is 37.8 Å². The molecule has 0 radical (unpaired) electrons. The van der Waals surface area contributed by atoms with Gasteiger partial charge in [-0.25, -0.2) is 4.68 Å². The second-order valence-electron chi connectivity index (χ2n) is 7.19. The van der Waals surface area contributed by atoms with Gasteiger partial charge in [-0.1, -0.05) is 26.0 Å². The lowest BCUT2D eigenvalue weighted by Gasteiger charge is -2.22. The van der Waals surface area contributed by atoms with Gasteiger partial charge in [-0.15, -0.1) is 5.10 Å². The molecule has 1 aliphatic rings. The molecule has 0 aliphatic carbocycles. The maximum Gasteiger partial charge on any atom is 0.273 e. The lowest BCUT2D eigenvalue weighted by atomic mass is 9.89. The lowest BCUT2D eigenvalue weighted by molar-refractivity contribution is 0.0864. The molecule has 7 nitrogen and oxygen atoms in total. The SMILES string of the molecule is CC(C)(C)CC(O)CNC(=O)c1cn(C2CCNCC2)nn1. The molecule has 1 atom stereocenters. The van der Waals surface area contributed by atoms with Crippen LogP contribution in [-0.4, -0.2) is 51.7 Å². The first-order chi connectivity index (χ1) is 10.3. The minimum absolute atomic E-state index is 0.0301. The Morgan fingerprint density at radius 1 is 1.50 bits per heavy atom. The molecule has 1 fully saturated rings. The molecular weight excluding hydrogens is 282 g/mol. The summed E-state index contributed by atoms with van der Waals surface area (Å²) in [6, 6.07) is 0.307. The molecule has 0 bridgehead atoms. The summed E-state index contributed by atoms with van der Waals surface area (Å²) in [5.41, 5.74) is 0.337. The van der Waals surface area contributed by atoms with Gasteiger partial charge in [0.1, 0.15) is 0 Å². The molecule has 1 aliphatic heterocycles. The van der Waals surface area contributed by atoms with Crippen LogP contribution in [0.1, 0.15) is 56.6 Å². The van der Waals surface area contributed by atoms with Crippen molar-refractivity contribution in [3.05, 3.63) is 11.9 Å². The number of piperidine rings is 1. The van der Waals surface area contributed by atoms with Crippen LogP contribution in [0.5, 0.6) is 0 Å². The van der Waals surface area contributed by atoms with Crippen LogP contribution in [0.4, 0.5) is 0 Å². The molecule has 3 N–H and O–H groups in total. The number of aliphatic hydroxyl groups excluding tert-OH is 1. The summed E-state index contributed by atoms with van der Waals surface area (Å²) in [7, 11) is 0. The molecule has 1 aromatic rings. The number of hydrogen-bond acceptors (Lipinski definition) is 5. The first kappa shape index (κ1) is 16.9. The second kappa shape index (κ2) is 7.19. The first-order valence-electron chi connectivity index (χ1n) is 7.94. The summed E-state index contributed by atoms with van der Waals surface area (Å²) in [6.45, 7) is 8.33. The molecule has 2 rings (SSSR count). The fourth-order valence-corrected chi connectivity index (χ4v) is 2.71. The van der Waals surface area contributed by atoms with Gasteiger partial charge >= 0.3 is 0 Å². The maximum atomic E-state index is 12.1. The molecular formula is C15H27N5O2. The van der Waals surface area contributed by atoms with E-state index < -0.39 is 6.10 Å². The average Bonchev–Trinajstić information content (AvgIpc) is 2.94. The highest BCUT2D eigenvalue weighted by Gasteiger charge is 2.20. The molecule has 22 heavy (non-hydrogen) atoms. The van der Waals surface area contributed by atoms with E-state index in [4.69, 9.17) is 0 Å². The van der Waals surface area contributed by atoms with Crippen molar-refractivity contribution in [3.8, 4) is 0 Å². The molecule has 7 heteroatoms. The number of aromatic nitrogens is 3. The van der Waals surface area contributed by atoms with Gasteiger partial charge in [0.15, 0.2) is 5.69 Å².